The summed E-state index contributed by atoms with van der Waals surface area (Å²) in [5, 5.41) is 3.12. The molecule has 2 nitrogen and oxygen atoms in total. The second kappa shape index (κ2) is 15.9. The van der Waals surface area contributed by atoms with E-state index in [1.54, 1.807) is 0 Å². The predicted molar refractivity (Wildman–Crippen MR) is 124 cm³/mol. The average Bonchev–Trinajstić information content (AvgIpc) is 3.15. The number of hydrogen-bond donors (Lipinski definition) is 1. The molecule has 2 heteroatoms. The summed E-state index contributed by atoms with van der Waals surface area (Å²) in [5.41, 5.74) is 0.197. The van der Waals surface area contributed by atoms with E-state index in [4.69, 9.17) is 4.74 Å². The normalized spacial score (nSPS) is 14.1. The zero-order chi connectivity index (χ0) is 20.5. The molecule has 0 saturated carbocycles. The zero-order valence-corrected chi connectivity index (χ0v) is 19.4. The molecule has 0 fully saturated rings. The molecular formula is C26H49NO. The van der Waals surface area contributed by atoms with Crippen molar-refractivity contribution in [2.75, 3.05) is 0 Å². The fraction of sp³-hybridized carbons (Fsp3) is 0.846. The van der Waals surface area contributed by atoms with Gasteiger partial charge in [0.15, 0.2) is 5.88 Å². The number of ether oxygens (including phenoxy) is 1. The van der Waals surface area contributed by atoms with Crippen LogP contribution in [0.25, 0.3) is 0 Å². The molecule has 0 aromatic rings. The van der Waals surface area contributed by atoms with E-state index in [0.29, 0.717) is 5.88 Å². The third-order valence-corrected chi connectivity index (χ3v) is 6.73. The Morgan fingerprint density at radius 3 is 1.50 bits per heavy atom. The number of allylic oxidation sites excluding steroid dienone is 1. The Kier molecular flexibility index (Phi) is 14.3. The van der Waals surface area contributed by atoms with Gasteiger partial charge in [-0.2, -0.15) is 0 Å². The van der Waals surface area contributed by atoms with Crippen LogP contribution in [0.5, 0.6) is 0 Å². The Morgan fingerprint density at radius 2 is 1.14 bits per heavy atom. The molecule has 0 spiro atoms. The van der Waals surface area contributed by atoms with Gasteiger partial charge in [-0.15, -0.1) is 0 Å². The quantitative estimate of drug-likeness (QED) is 0.222. The van der Waals surface area contributed by atoms with Gasteiger partial charge in [0, 0.05) is 11.6 Å². The van der Waals surface area contributed by atoms with Gasteiger partial charge >= 0.3 is 0 Å². The largest absolute Gasteiger partial charge is 0.444 e. The molecule has 1 rings (SSSR count). The molecule has 1 heterocycles. The molecule has 0 bridgehead atoms. The number of unbranched alkanes of at least 4 members (excludes halogenated alkanes) is 14. The third kappa shape index (κ3) is 10.0. The maximum atomic E-state index is 5.84. The van der Waals surface area contributed by atoms with Crippen molar-refractivity contribution in [1.82, 2.24) is 5.32 Å². The van der Waals surface area contributed by atoms with Crippen LogP contribution in [0.15, 0.2) is 24.4 Å². The topological polar surface area (TPSA) is 21.3 Å². The summed E-state index contributed by atoms with van der Waals surface area (Å²) in [6.45, 7) is 10.8. The molecule has 0 saturated heterocycles. The van der Waals surface area contributed by atoms with Gasteiger partial charge in [0.2, 0.25) is 0 Å². The Bertz CT molecular complexity index is 422. The van der Waals surface area contributed by atoms with Gasteiger partial charge in [0.05, 0.1) is 0 Å². The van der Waals surface area contributed by atoms with Gasteiger partial charge in [-0.25, -0.2) is 0 Å². The highest BCUT2D eigenvalue weighted by atomic mass is 16.5. The summed E-state index contributed by atoms with van der Waals surface area (Å²) >= 11 is 0. The van der Waals surface area contributed by atoms with Crippen LogP contribution in [0, 0.1) is 5.41 Å². The molecule has 1 aliphatic rings. The van der Waals surface area contributed by atoms with Crippen molar-refractivity contribution in [1.29, 1.82) is 0 Å². The smallest absolute Gasteiger partial charge is 0.189 e. The Morgan fingerprint density at radius 1 is 0.714 bits per heavy atom. The van der Waals surface area contributed by atoms with Crippen LogP contribution in [-0.2, 0) is 4.74 Å². The molecular weight excluding hydrogens is 342 g/mol. The van der Waals surface area contributed by atoms with Gasteiger partial charge in [-0.05, 0) is 25.8 Å². The SMILES string of the molecule is C=C1NC=C(C(CC)(CC)CCCCCCCCCCCCCCCCC)O1. The highest BCUT2D eigenvalue weighted by molar-refractivity contribution is 5.16. The van der Waals surface area contributed by atoms with Gasteiger partial charge in [0.25, 0.3) is 0 Å². The van der Waals surface area contributed by atoms with Gasteiger partial charge in [0.1, 0.15) is 5.76 Å². The van der Waals surface area contributed by atoms with E-state index in [1.165, 1.54) is 103 Å². The number of hydrogen-bond acceptors (Lipinski definition) is 2. The van der Waals surface area contributed by atoms with Gasteiger partial charge < -0.3 is 10.1 Å². The maximum absolute atomic E-state index is 5.84. The first-order chi connectivity index (χ1) is 13.7. The minimum absolute atomic E-state index is 0.197. The van der Waals surface area contributed by atoms with Crippen LogP contribution in [-0.4, -0.2) is 0 Å². The molecule has 28 heavy (non-hydrogen) atoms. The first-order valence-electron chi connectivity index (χ1n) is 12.5. The van der Waals surface area contributed by atoms with Crippen molar-refractivity contribution in [3.8, 4) is 0 Å². The average molecular weight is 392 g/mol. The molecule has 164 valence electrons. The van der Waals surface area contributed by atoms with Crippen molar-refractivity contribution < 1.29 is 4.74 Å². The minimum atomic E-state index is 0.197. The highest BCUT2D eigenvalue weighted by Crippen LogP contribution is 2.42. The third-order valence-electron chi connectivity index (χ3n) is 6.73. The fourth-order valence-corrected chi connectivity index (χ4v) is 4.51. The summed E-state index contributed by atoms with van der Waals surface area (Å²) in [7, 11) is 0. The van der Waals surface area contributed by atoms with Crippen molar-refractivity contribution in [2.45, 2.75) is 136 Å². The lowest BCUT2D eigenvalue weighted by molar-refractivity contribution is 0.161. The van der Waals surface area contributed by atoms with Crippen LogP contribution >= 0.6 is 0 Å². The van der Waals surface area contributed by atoms with E-state index in [-0.39, 0.29) is 5.41 Å². The fourth-order valence-electron chi connectivity index (χ4n) is 4.51. The van der Waals surface area contributed by atoms with E-state index in [2.05, 4.69) is 32.7 Å². The first-order valence-corrected chi connectivity index (χ1v) is 12.5. The molecule has 0 aliphatic carbocycles. The Labute approximate surface area is 176 Å². The Balaban J connectivity index is 1.96. The standard InChI is InChI=1S/C26H49NO/c1-5-8-9-10-11-12-13-14-15-16-17-18-19-20-21-22-26(6-2,7-3)25-23-27-24(4)28-25/h23,27H,4-22H2,1-3H3. The van der Waals surface area contributed by atoms with Crippen LogP contribution in [0.2, 0.25) is 0 Å². The molecule has 1 aliphatic heterocycles. The van der Waals surface area contributed by atoms with Crippen LogP contribution in [0.3, 0.4) is 0 Å². The second-order valence-corrected chi connectivity index (χ2v) is 8.87. The Hall–Kier alpha value is -0.920. The maximum Gasteiger partial charge on any atom is 0.189 e. The summed E-state index contributed by atoms with van der Waals surface area (Å²) in [5.74, 6) is 1.78. The molecule has 0 unspecified atom stereocenters. The van der Waals surface area contributed by atoms with Gasteiger partial charge in [-0.3, -0.25) is 0 Å². The zero-order valence-electron chi connectivity index (χ0n) is 19.4. The first kappa shape index (κ1) is 25.1. The van der Waals surface area contributed by atoms with E-state index in [9.17, 15) is 0 Å². The lowest BCUT2D eigenvalue weighted by atomic mass is 9.76. The van der Waals surface area contributed by atoms with E-state index in [0.717, 1.165) is 18.6 Å². The summed E-state index contributed by atoms with van der Waals surface area (Å²) in [4.78, 5) is 0. The molecule has 0 amide bonds. The number of rotatable bonds is 19. The molecule has 0 aromatic carbocycles. The van der Waals surface area contributed by atoms with Crippen molar-refractivity contribution in [2.24, 2.45) is 5.41 Å². The molecule has 0 atom stereocenters. The van der Waals surface area contributed by atoms with Crippen LogP contribution < -0.4 is 5.32 Å². The van der Waals surface area contributed by atoms with Crippen molar-refractivity contribution >= 4 is 0 Å². The monoisotopic (exact) mass is 391 g/mol. The van der Waals surface area contributed by atoms with Crippen LogP contribution in [0.4, 0.5) is 0 Å². The molecule has 0 radical (unpaired) electrons. The van der Waals surface area contributed by atoms with Crippen LogP contribution in [0.1, 0.15) is 136 Å². The lowest BCUT2D eigenvalue weighted by Gasteiger charge is -2.31. The van der Waals surface area contributed by atoms with Gasteiger partial charge in [-0.1, -0.05) is 117 Å². The van der Waals surface area contributed by atoms with E-state index in [1.807, 2.05) is 6.20 Å². The second-order valence-electron chi connectivity index (χ2n) is 8.87. The minimum Gasteiger partial charge on any atom is -0.444 e. The highest BCUT2D eigenvalue weighted by Gasteiger charge is 2.34. The van der Waals surface area contributed by atoms with Crippen molar-refractivity contribution in [3.05, 3.63) is 24.4 Å². The van der Waals surface area contributed by atoms with E-state index < -0.39 is 0 Å². The predicted octanol–water partition coefficient (Wildman–Crippen LogP) is 8.99. The summed E-state index contributed by atoms with van der Waals surface area (Å²) in [6, 6.07) is 0. The number of nitrogens with one attached hydrogen (secondary N) is 1. The summed E-state index contributed by atoms with van der Waals surface area (Å²) in [6.07, 6.45) is 26.9. The van der Waals surface area contributed by atoms with Crippen molar-refractivity contribution in [3.63, 3.8) is 0 Å². The summed E-state index contributed by atoms with van der Waals surface area (Å²) < 4.78 is 5.84. The molecule has 1 N–H and O–H groups in total. The van der Waals surface area contributed by atoms with E-state index >= 15 is 0 Å². The molecule has 0 aromatic heterocycles. The lowest BCUT2D eigenvalue weighted by Crippen LogP contribution is -2.22.